The van der Waals surface area contributed by atoms with E-state index < -0.39 is 10.0 Å². The Morgan fingerprint density at radius 1 is 1.38 bits per heavy atom. The number of thiophene rings is 1. The van der Waals surface area contributed by atoms with E-state index in [1.54, 1.807) is 10.4 Å². The fraction of sp³-hybridized carbons (Fsp3) is 0.714. The first-order valence-corrected chi connectivity index (χ1v) is 9.81. The Hall–Kier alpha value is -0.470. The summed E-state index contributed by atoms with van der Waals surface area (Å²) in [6, 6.07) is 3.94. The zero-order valence-electron chi connectivity index (χ0n) is 12.8. The Bertz CT molecular complexity index is 552. The molecule has 1 atom stereocenters. The summed E-state index contributed by atoms with van der Waals surface area (Å²) in [6.45, 7) is 7.96. The lowest BCUT2D eigenvalue weighted by atomic mass is 10.2. The van der Waals surface area contributed by atoms with E-state index in [1.807, 2.05) is 6.07 Å². The third-order valence-corrected chi connectivity index (χ3v) is 7.55. The molecule has 1 unspecified atom stereocenters. The molecule has 0 saturated carbocycles. The lowest BCUT2D eigenvalue weighted by Crippen LogP contribution is -2.38. The van der Waals surface area contributed by atoms with Gasteiger partial charge in [0.2, 0.25) is 0 Å². The molecule has 1 aliphatic rings. The first kappa shape index (κ1) is 16.9. The molecule has 2 heterocycles. The van der Waals surface area contributed by atoms with E-state index in [2.05, 4.69) is 18.7 Å². The summed E-state index contributed by atoms with van der Waals surface area (Å²) < 4.78 is 27.4. The van der Waals surface area contributed by atoms with Gasteiger partial charge in [0.05, 0.1) is 0 Å². The Balaban J connectivity index is 2.10. The van der Waals surface area contributed by atoms with Crippen LogP contribution in [-0.2, 0) is 16.4 Å². The van der Waals surface area contributed by atoms with E-state index in [4.69, 9.17) is 5.73 Å². The Labute approximate surface area is 131 Å². The smallest absolute Gasteiger partial charge is 0.252 e. The molecule has 7 heteroatoms. The van der Waals surface area contributed by atoms with Gasteiger partial charge < -0.3 is 5.73 Å². The third kappa shape index (κ3) is 3.65. The summed E-state index contributed by atoms with van der Waals surface area (Å²) in [7, 11) is -3.33. The molecule has 0 amide bonds. The molecular weight excluding hydrogens is 306 g/mol. The van der Waals surface area contributed by atoms with E-state index >= 15 is 0 Å². The van der Waals surface area contributed by atoms with Gasteiger partial charge in [-0.25, -0.2) is 8.42 Å². The molecule has 1 aliphatic heterocycles. The molecule has 5 nitrogen and oxygen atoms in total. The lowest BCUT2D eigenvalue weighted by molar-refractivity contribution is 0.225. The highest BCUT2D eigenvalue weighted by atomic mass is 32.2. The van der Waals surface area contributed by atoms with Crippen LogP contribution in [0.1, 0.15) is 25.1 Å². The van der Waals surface area contributed by atoms with Gasteiger partial charge in [-0.2, -0.15) is 4.31 Å². The molecule has 2 rings (SSSR count). The van der Waals surface area contributed by atoms with Crippen LogP contribution in [0, 0.1) is 0 Å². The van der Waals surface area contributed by atoms with Crippen molar-refractivity contribution in [3.63, 3.8) is 0 Å². The molecule has 1 saturated heterocycles. The minimum atomic E-state index is -3.33. The molecule has 0 spiro atoms. The van der Waals surface area contributed by atoms with Gasteiger partial charge >= 0.3 is 0 Å². The average Bonchev–Trinajstić information content (AvgIpc) is 3.10. The maximum absolute atomic E-state index is 12.7. The topological polar surface area (TPSA) is 66.6 Å². The number of rotatable bonds is 7. The second-order valence-corrected chi connectivity index (χ2v) is 8.62. The fourth-order valence-electron chi connectivity index (χ4n) is 2.87. The maximum atomic E-state index is 12.7. The van der Waals surface area contributed by atoms with E-state index in [1.165, 1.54) is 11.3 Å². The molecule has 0 bridgehead atoms. The standard InChI is InChI=1S/C14H25N3O2S2/c1-3-16(4-2)12-8-10-17(11-12)21(18,19)14-6-5-13(20-14)7-9-15/h5-6,12H,3-4,7-11,15H2,1-2H3. The summed E-state index contributed by atoms with van der Waals surface area (Å²) in [5.41, 5.74) is 5.52. The van der Waals surface area contributed by atoms with Crippen LogP contribution in [-0.4, -0.2) is 56.4 Å². The van der Waals surface area contributed by atoms with Crippen LogP contribution in [0.15, 0.2) is 16.3 Å². The molecule has 2 N–H and O–H groups in total. The molecule has 0 radical (unpaired) electrons. The first-order valence-electron chi connectivity index (χ1n) is 7.55. The highest BCUT2D eigenvalue weighted by Gasteiger charge is 2.35. The van der Waals surface area contributed by atoms with E-state index in [0.717, 1.165) is 30.8 Å². The Morgan fingerprint density at radius 2 is 2.10 bits per heavy atom. The number of nitrogens with two attached hydrogens (primary N) is 1. The van der Waals surface area contributed by atoms with Crippen LogP contribution >= 0.6 is 11.3 Å². The van der Waals surface area contributed by atoms with Crippen LogP contribution in [0.4, 0.5) is 0 Å². The van der Waals surface area contributed by atoms with Crippen molar-refractivity contribution in [3.8, 4) is 0 Å². The number of likely N-dealkylation sites (N-methyl/N-ethyl adjacent to an activating group) is 1. The average molecular weight is 332 g/mol. The van der Waals surface area contributed by atoms with Crippen molar-refractivity contribution in [2.45, 2.75) is 36.9 Å². The quantitative estimate of drug-likeness (QED) is 0.819. The SMILES string of the molecule is CCN(CC)C1CCN(S(=O)(=O)c2ccc(CCN)s2)C1. The molecule has 0 aliphatic carbocycles. The molecule has 1 aromatic rings. The van der Waals surface area contributed by atoms with Crippen LogP contribution in [0.25, 0.3) is 0 Å². The number of hydrogen-bond donors (Lipinski definition) is 1. The second kappa shape index (κ2) is 7.19. The Morgan fingerprint density at radius 3 is 2.71 bits per heavy atom. The number of nitrogens with zero attached hydrogens (tertiary/aromatic N) is 2. The van der Waals surface area contributed by atoms with Crippen LogP contribution in [0.2, 0.25) is 0 Å². The zero-order chi connectivity index (χ0) is 15.5. The van der Waals surface area contributed by atoms with Gasteiger partial charge in [-0.15, -0.1) is 11.3 Å². The molecule has 120 valence electrons. The minimum absolute atomic E-state index is 0.346. The summed E-state index contributed by atoms with van der Waals surface area (Å²) in [6.07, 6.45) is 1.66. The molecule has 1 fully saturated rings. The van der Waals surface area contributed by atoms with Gasteiger partial charge in [-0.1, -0.05) is 13.8 Å². The summed E-state index contributed by atoms with van der Waals surface area (Å²) in [5.74, 6) is 0. The monoisotopic (exact) mass is 331 g/mol. The predicted octanol–water partition coefficient (Wildman–Crippen LogP) is 1.35. The minimum Gasteiger partial charge on any atom is -0.330 e. The maximum Gasteiger partial charge on any atom is 0.252 e. The van der Waals surface area contributed by atoms with Crippen molar-refractivity contribution < 1.29 is 8.42 Å². The molecule has 21 heavy (non-hydrogen) atoms. The van der Waals surface area contributed by atoms with E-state index in [0.29, 0.717) is 29.9 Å². The van der Waals surface area contributed by atoms with Crippen molar-refractivity contribution in [3.05, 3.63) is 17.0 Å². The predicted molar refractivity (Wildman–Crippen MR) is 87.2 cm³/mol. The van der Waals surface area contributed by atoms with Gasteiger partial charge in [-0.3, -0.25) is 4.90 Å². The largest absolute Gasteiger partial charge is 0.330 e. The van der Waals surface area contributed by atoms with Gasteiger partial charge in [0, 0.05) is 24.0 Å². The van der Waals surface area contributed by atoms with Gasteiger partial charge in [-0.05, 0) is 44.6 Å². The molecular formula is C14H25N3O2S2. The van der Waals surface area contributed by atoms with Crippen molar-refractivity contribution in [2.75, 3.05) is 32.7 Å². The van der Waals surface area contributed by atoms with Crippen molar-refractivity contribution in [1.29, 1.82) is 0 Å². The van der Waals surface area contributed by atoms with Crippen LogP contribution in [0.5, 0.6) is 0 Å². The third-order valence-electron chi connectivity index (χ3n) is 4.08. The normalized spacial score (nSPS) is 20.5. The highest BCUT2D eigenvalue weighted by molar-refractivity contribution is 7.91. The summed E-state index contributed by atoms with van der Waals surface area (Å²) in [4.78, 5) is 3.37. The van der Waals surface area contributed by atoms with Crippen LogP contribution in [0.3, 0.4) is 0 Å². The van der Waals surface area contributed by atoms with E-state index in [-0.39, 0.29) is 0 Å². The summed E-state index contributed by atoms with van der Waals surface area (Å²) in [5, 5.41) is 0. The Kier molecular flexibility index (Phi) is 5.79. The van der Waals surface area contributed by atoms with E-state index in [9.17, 15) is 8.42 Å². The van der Waals surface area contributed by atoms with Gasteiger partial charge in [0.15, 0.2) is 0 Å². The van der Waals surface area contributed by atoms with Crippen molar-refractivity contribution in [2.24, 2.45) is 5.73 Å². The summed E-state index contributed by atoms with van der Waals surface area (Å²) >= 11 is 1.35. The number of sulfonamides is 1. The highest BCUT2D eigenvalue weighted by Crippen LogP contribution is 2.28. The zero-order valence-corrected chi connectivity index (χ0v) is 14.4. The second-order valence-electron chi connectivity index (χ2n) is 5.29. The first-order chi connectivity index (χ1) is 10.0. The molecule has 1 aromatic heterocycles. The van der Waals surface area contributed by atoms with Gasteiger partial charge in [0.1, 0.15) is 4.21 Å². The fourth-order valence-corrected chi connectivity index (χ4v) is 5.89. The van der Waals surface area contributed by atoms with Crippen molar-refractivity contribution in [1.82, 2.24) is 9.21 Å². The number of hydrogen-bond acceptors (Lipinski definition) is 5. The van der Waals surface area contributed by atoms with Crippen molar-refractivity contribution >= 4 is 21.4 Å². The molecule has 0 aromatic carbocycles. The van der Waals surface area contributed by atoms with Gasteiger partial charge in [0.25, 0.3) is 10.0 Å². The lowest BCUT2D eigenvalue weighted by Gasteiger charge is -2.25. The van der Waals surface area contributed by atoms with Crippen LogP contribution < -0.4 is 5.73 Å².